The Bertz CT molecular complexity index is 424. The second kappa shape index (κ2) is 6.54. The van der Waals surface area contributed by atoms with Crippen molar-refractivity contribution in [1.29, 1.82) is 0 Å². The van der Waals surface area contributed by atoms with Gasteiger partial charge in [-0.1, -0.05) is 0 Å². The number of ether oxygens (including phenoxy) is 1. The van der Waals surface area contributed by atoms with E-state index < -0.39 is 17.2 Å². The number of nitrogens with zero attached hydrogens (tertiary/aromatic N) is 1. The summed E-state index contributed by atoms with van der Waals surface area (Å²) in [6.07, 6.45) is 1.40. The van der Waals surface area contributed by atoms with Crippen molar-refractivity contribution in [3.63, 3.8) is 0 Å². The third-order valence-corrected chi connectivity index (χ3v) is 3.47. The van der Waals surface area contributed by atoms with Crippen molar-refractivity contribution in [3.05, 3.63) is 16.6 Å². The average molecular weight is 299 g/mol. The van der Waals surface area contributed by atoms with Gasteiger partial charge in [0.2, 0.25) is 0 Å². The van der Waals surface area contributed by atoms with Crippen LogP contribution in [0.15, 0.2) is 11.6 Å². The zero-order valence-corrected chi connectivity index (χ0v) is 13.9. The molecule has 6 heteroatoms. The number of rotatable bonds is 5. The predicted molar refractivity (Wildman–Crippen MR) is 82.0 cm³/mol. The fourth-order valence-corrected chi connectivity index (χ4v) is 2.24. The van der Waals surface area contributed by atoms with Gasteiger partial charge in [0.15, 0.2) is 0 Å². The molecule has 0 fully saturated rings. The highest BCUT2D eigenvalue weighted by Crippen LogP contribution is 2.15. The summed E-state index contributed by atoms with van der Waals surface area (Å²) in [5.74, 6) is 0. The highest BCUT2D eigenvalue weighted by atomic mass is 32.1. The molecule has 0 aliphatic carbocycles. The smallest absolute Gasteiger partial charge is 0.408 e. The van der Waals surface area contributed by atoms with Gasteiger partial charge in [-0.2, -0.15) is 0 Å². The molecule has 0 saturated heterocycles. The number of carbonyl (C=O) groups is 1. The van der Waals surface area contributed by atoms with E-state index in [1.54, 1.807) is 17.5 Å². The number of thiazole rings is 1. The Morgan fingerprint density at radius 2 is 2.05 bits per heavy atom. The molecule has 0 aliphatic heterocycles. The first kappa shape index (κ1) is 16.9. The first-order chi connectivity index (χ1) is 9.09. The Balaban J connectivity index is 2.43. The summed E-state index contributed by atoms with van der Waals surface area (Å²) in [7, 11) is 0. The van der Waals surface area contributed by atoms with Crippen LogP contribution in [0.25, 0.3) is 0 Å². The van der Waals surface area contributed by atoms with Gasteiger partial charge in [-0.15, -0.1) is 11.3 Å². The molecule has 1 aromatic rings. The minimum Gasteiger partial charge on any atom is -0.444 e. The lowest BCUT2D eigenvalue weighted by atomic mass is 10.1. The maximum atomic E-state index is 11.8. The summed E-state index contributed by atoms with van der Waals surface area (Å²) >= 11 is 1.62. The SMILES string of the molecule is CC(NCC(C)(C)NC(=O)OC(C)(C)C)c1nccs1. The molecule has 1 rings (SSSR count). The standard InChI is InChI=1S/C14H25N3O2S/c1-10(11-15-7-8-20-11)16-9-14(5,6)17-12(18)19-13(2,3)4/h7-8,10,16H,9H2,1-6H3,(H,17,18). The fourth-order valence-electron chi connectivity index (χ4n) is 1.57. The van der Waals surface area contributed by atoms with Crippen LogP contribution in [0, 0.1) is 0 Å². The van der Waals surface area contributed by atoms with Gasteiger partial charge in [0.05, 0.1) is 11.6 Å². The maximum absolute atomic E-state index is 11.8. The largest absolute Gasteiger partial charge is 0.444 e. The quantitative estimate of drug-likeness (QED) is 0.877. The number of alkyl carbamates (subject to hydrolysis) is 1. The Hall–Kier alpha value is -1.14. The molecule has 1 amide bonds. The van der Waals surface area contributed by atoms with Gasteiger partial charge in [0, 0.05) is 18.1 Å². The highest BCUT2D eigenvalue weighted by Gasteiger charge is 2.25. The molecular formula is C14H25N3O2S. The molecule has 1 atom stereocenters. The van der Waals surface area contributed by atoms with E-state index in [1.807, 2.05) is 40.0 Å². The molecule has 0 bridgehead atoms. The molecule has 5 nitrogen and oxygen atoms in total. The second-order valence-electron chi connectivity index (χ2n) is 6.48. The van der Waals surface area contributed by atoms with Gasteiger partial charge >= 0.3 is 6.09 Å². The Morgan fingerprint density at radius 1 is 1.40 bits per heavy atom. The molecular weight excluding hydrogens is 274 g/mol. The number of hydrogen-bond acceptors (Lipinski definition) is 5. The molecule has 2 N–H and O–H groups in total. The van der Waals surface area contributed by atoms with Gasteiger partial charge in [-0.25, -0.2) is 9.78 Å². The molecule has 0 aromatic carbocycles. The summed E-state index contributed by atoms with van der Waals surface area (Å²) in [6, 6.07) is 0.162. The van der Waals surface area contributed by atoms with Crippen LogP contribution in [0.1, 0.15) is 52.6 Å². The summed E-state index contributed by atoms with van der Waals surface area (Å²) in [6.45, 7) is 12.2. The van der Waals surface area contributed by atoms with Crippen LogP contribution in [-0.4, -0.2) is 28.8 Å². The average Bonchev–Trinajstić information content (AvgIpc) is 2.75. The third-order valence-electron chi connectivity index (χ3n) is 2.51. The van der Waals surface area contributed by atoms with Crippen LogP contribution in [0.5, 0.6) is 0 Å². The van der Waals surface area contributed by atoms with Crippen LogP contribution in [0.2, 0.25) is 0 Å². The van der Waals surface area contributed by atoms with E-state index in [1.165, 1.54) is 0 Å². The minimum atomic E-state index is -0.484. The van der Waals surface area contributed by atoms with Gasteiger partial charge < -0.3 is 15.4 Å². The van der Waals surface area contributed by atoms with Crippen LogP contribution in [-0.2, 0) is 4.74 Å². The van der Waals surface area contributed by atoms with Crippen molar-refractivity contribution in [1.82, 2.24) is 15.6 Å². The van der Waals surface area contributed by atoms with E-state index in [9.17, 15) is 4.79 Å². The maximum Gasteiger partial charge on any atom is 0.408 e. The molecule has 20 heavy (non-hydrogen) atoms. The van der Waals surface area contributed by atoms with Crippen molar-refractivity contribution < 1.29 is 9.53 Å². The number of hydrogen-bond donors (Lipinski definition) is 2. The number of nitrogens with one attached hydrogen (secondary N) is 2. The molecule has 0 aliphatic rings. The van der Waals surface area contributed by atoms with Gasteiger partial charge in [-0.3, -0.25) is 0 Å². The Kier molecular flexibility index (Phi) is 5.53. The highest BCUT2D eigenvalue weighted by molar-refractivity contribution is 7.09. The third kappa shape index (κ3) is 6.34. The first-order valence-corrected chi connectivity index (χ1v) is 7.61. The molecule has 1 unspecified atom stereocenters. The van der Waals surface area contributed by atoms with Crippen LogP contribution in [0.3, 0.4) is 0 Å². The van der Waals surface area contributed by atoms with Crippen molar-refractivity contribution in [2.45, 2.75) is 58.7 Å². The second-order valence-corrected chi connectivity index (χ2v) is 7.41. The molecule has 1 aromatic heterocycles. The topological polar surface area (TPSA) is 63.2 Å². The summed E-state index contributed by atoms with van der Waals surface area (Å²) in [5, 5.41) is 9.24. The van der Waals surface area contributed by atoms with Crippen LogP contribution >= 0.6 is 11.3 Å². The van der Waals surface area contributed by atoms with E-state index in [2.05, 4.69) is 22.5 Å². The van der Waals surface area contributed by atoms with Crippen LogP contribution in [0.4, 0.5) is 4.79 Å². The van der Waals surface area contributed by atoms with Crippen molar-refractivity contribution in [2.24, 2.45) is 0 Å². The molecule has 0 saturated carbocycles. The van der Waals surface area contributed by atoms with Crippen molar-refractivity contribution >= 4 is 17.4 Å². The van der Waals surface area contributed by atoms with Crippen molar-refractivity contribution in [3.8, 4) is 0 Å². The number of carbonyl (C=O) groups excluding carboxylic acids is 1. The Labute approximate surface area is 125 Å². The van der Waals surface area contributed by atoms with E-state index >= 15 is 0 Å². The molecule has 0 radical (unpaired) electrons. The van der Waals surface area contributed by atoms with E-state index in [0.717, 1.165) is 5.01 Å². The van der Waals surface area contributed by atoms with Crippen LogP contribution < -0.4 is 10.6 Å². The fraction of sp³-hybridized carbons (Fsp3) is 0.714. The van der Waals surface area contributed by atoms with Crippen molar-refractivity contribution in [2.75, 3.05) is 6.54 Å². The number of amides is 1. The van der Waals surface area contributed by atoms with Gasteiger partial charge in [0.1, 0.15) is 10.6 Å². The monoisotopic (exact) mass is 299 g/mol. The van der Waals surface area contributed by atoms with E-state index in [4.69, 9.17) is 4.74 Å². The lowest BCUT2D eigenvalue weighted by Gasteiger charge is -2.29. The zero-order chi connectivity index (χ0) is 15.4. The molecule has 1 heterocycles. The van der Waals surface area contributed by atoms with Gasteiger partial charge in [0.25, 0.3) is 0 Å². The molecule has 114 valence electrons. The minimum absolute atomic E-state index is 0.162. The van der Waals surface area contributed by atoms with E-state index in [-0.39, 0.29) is 6.04 Å². The van der Waals surface area contributed by atoms with E-state index in [0.29, 0.717) is 6.54 Å². The summed E-state index contributed by atoms with van der Waals surface area (Å²) in [5.41, 5.74) is -0.879. The normalized spacial score (nSPS) is 13.9. The van der Waals surface area contributed by atoms with Gasteiger partial charge in [-0.05, 0) is 41.5 Å². The number of aromatic nitrogens is 1. The zero-order valence-electron chi connectivity index (χ0n) is 13.1. The summed E-state index contributed by atoms with van der Waals surface area (Å²) in [4.78, 5) is 16.0. The Morgan fingerprint density at radius 3 is 2.55 bits per heavy atom. The lowest BCUT2D eigenvalue weighted by Crippen LogP contribution is -2.51. The first-order valence-electron chi connectivity index (χ1n) is 6.73. The summed E-state index contributed by atoms with van der Waals surface area (Å²) < 4.78 is 5.26. The lowest BCUT2D eigenvalue weighted by molar-refractivity contribution is 0.0471. The molecule has 0 spiro atoms. The predicted octanol–water partition coefficient (Wildman–Crippen LogP) is 3.10.